The number of aromatic amines is 3. The van der Waals surface area contributed by atoms with Crippen LogP contribution in [0.1, 0.15) is 23.5 Å². The summed E-state index contributed by atoms with van der Waals surface area (Å²) < 4.78 is 0. The molecule has 39 heavy (non-hydrogen) atoms. The van der Waals surface area contributed by atoms with E-state index in [4.69, 9.17) is 11.5 Å². The molecule has 4 amide bonds. The van der Waals surface area contributed by atoms with Crippen molar-refractivity contribution in [2.75, 3.05) is 0 Å². The van der Waals surface area contributed by atoms with E-state index in [-0.39, 0.29) is 19.3 Å². The monoisotopic (exact) mass is 543 g/mol. The number of carbonyl (C=O) groups excluding carboxylic acids is 4. The fraction of sp³-hybridized carbons (Fsp3) is 0.364. The third kappa shape index (κ3) is 8.78. The first-order valence-corrected chi connectivity index (χ1v) is 11.7. The topological polar surface area (TPSA) is 280 Å². The normalized spacial score (nSPS) is 14.0. The summed E-state index contributed by atoms with van der Waals surface area (Å²) >= 11 is 0. The number of H-pyrrole nitrogens is 3. The molecule has 3 heterocycles. The number of aliphatic carboxylic acids is 1. The average Bonchev–Trinajstić information content (AvgIpc) is 3.66. The zero-order valence-corrected chi connectivity index (χ0v) is 20.6. The van der Waals surface area contributed by atoms with E-state index in [1.807, 2.05) is 0 Å². The van der Waals surface area contributed by atoms with Crippen molar-refractivity contribution in [3.63, 3.8) is 0 Å². The van der Waals surface area contributed by atoms with Gasteiger partial charge in [0.25, 0.3) is 0 Å². The number of nitrogens with one attached hydrogen (secondary N) is 6. The zero-order chi connectivity index (χ0) is 28.4. The van der Waals surface area contributed by atoms with Crippen LogP contribution in [0.15, 0.2) is 37.6 Å². The summed E-state index contributed by atoms with van der Waals surface area (Å²) in [5, 5.41) is 17.1. The number of hydrogen-bond acceptors (Lipinski definition) is 9. The number of primary amides is 1. The molecule has 0 fully saturated rings. The molecule has 0 saturated carbocycles. The molecule has 0 bridgehead atoms. The van der Waals surface area contributed by atoms with E-state index in [0.717, 1.165) is 0 Å². The van der Waals surface area contributed by atoms with Crippen molar-refractivity contribution in [3.05, 3.63) is 54.7 Å². The fourth-order valence-electron chi connectivity index (χ4n) is 3.60. The summed E-state index contributed by atoms with van der Waals surface area (Å²) in [6, 6.07) is -5.13. The Morgan fingerprint density at radius 3 is 1.46 bits per heavy atom. The van der Waals surface area contributed by atoms with E-state index < -0.39 is 60.2 Å². The van der Waals surface area contributed by atoms with E-state index >= 15 is 0 Å². The minimum absolute atomic E-state index is 0.0587. The minimum atomic E-state index is -1.33. The lowest BCUT2D eigenvalue weighted by molar-refractivity contribution is -0.142. The maximum absolute atomic E-state index is 13.3. The highest BCUT2D eigenvalue weighted by molar-refractivity contribution is 5.95. The van der Waals surface area contributed by atoms with Crippen LogP contribution >= 0.6 is 0 Å². The van der Waals surface area contributed by atoms with Crippen molar-refractivity contribution in [2.24, 2.45) is 11.5 Å². The molecule has 11 N–H and O–H groups in total. The molecule has 4 unspecified atom stereocenters. The molecule has 3 rings (SSSR count). The van der Waals surface area contributed by atoms with E-state index in [1.165, 1.54) is 37.6 Å². The standard InChI is InChI=1S/C22H29N11O6/c23-14(4-18(24)34)19(35)31-15(1-11-5-25-8-28-11)20(36)32-16(2-12-6-26-9-29-12)21(37)33-17(22(38)39)3-13-7-27-10-30-13/h5-10,14-17H,1-4,23H2,(H2,24,34)(H,25,28)(H,26,29)(H,27,30)(H,31,35)(H,32,36)(H,33,37)(H,38,39). The van der Waals surface area contributed by atoms with Crippen LogP contribution < -0.4 is 27.4 Å². The Balaban J connectivity index is 1.78. The first kappa shape index (κ1) is 28.5. The summed E-state index contributed by atoms with van der Waals surface area (Å²) in [4.78, 5) is 82.1. The average molecular weight is 544 g/mol. The Kier molecular flexibility index (Phi) is 9.85. The predicted molar refractivity (Wildman–Crippen MR) is 132 cm³/mol. The Labute approximate surface area is 221 Å². The molecule has 0 aliphatic carbocycles. The highest BCUT2D eigenvalue weighted by atomic mass is 16.4. The van der Waals surface area contributed by atoms with Crippen LogP contribution in [0.5, 0.6) is 0 Å². The van der Waals surface area contributed by atoms with Crippen LogP contribution in [0, 0.1) is 0 Å². The molecule has 0 spiro atoms. The van der Waals surface area contributed by atoms with Gasteiger partial charge >= 0.3 is 5.97 Å². The van der Waals surface area contributed by atoms with Crippen molar-refractivity contribution in [2.45, 2.75) is 49.9 Å². The van der Waals surface area contributed by atoms with Gasteiger partial charge < -0.3 is 47.5 Å². The van der Waals surface area contributed by atoms with Crippen LogP contribution in [0.2, 0.25) is 0 Å². The van der Waals surface area contributed by atoms with E-state index in [2.05, 4.69) is 45.9 Å². The summed E-state index contributed by atoms with van der Waals surface area (Å²) in [6.07, 6.45) is 7.80. The molecule has 0 aliphatic rings. The lowest BCUT2D eigenvalue weighted by Crippen LogP contribution is -2.58. The number of amides is 4. The van der Waals surface area contributed by atoms with E-state index in [9.17, 15) is 29.1 Å². The van der Waals surface area contributed by atoms with Crippen LogP contribution in [-0.4, -0.2) is 88.8 Å². The number of carboxylic acid groups (broad SMARTS) is 1. The fourth-order valence-corrected chi connectivity index (χ4v) is 3.60. The molecule has 17 heteroatoms. The largest absolute Gasteiger partial charge is 0.480 e. The molecule has 17 nitrogen and oxygen atoms in total. The zero-order valence-electron chi connectivity index (χ0n) is 20.6. The number of aromatic nitrogens is 6. The second kappa shape index (κ2) is 13.5. The molecule has 4 atom stereocenters. The Hall–Kier alpha value is -5.06. The smallest absolute Gasteiger partial charge is 0.326 e. The van der Waals surface area contributed by atoms with Crippen LogP contribution in [0.4, 0.5) is 0 Å². The Bertz CT molecular complexity index is 1240. The predicted octanol–water partition coefficient (Wildman–Crippen LogP) is -3.37. The lowest BCUT2D eigenvalue weighted by Gasteiger charge is -2.25. The van der Waals surface area contributed by atoms with Crippen LogP contribution in [0.3, 0.4) is 0 Å². The third-order valence-corrected chi connectivity index (χ3v) is 5.58. The molecular formula is C22H29N11O6. The van der Waals surface area contributed by atoms with Gasteiger partial charge in [0, 0.05) is 54.9 Å². The van der Waals surface area contributed by atoms with Gasteiger partial charge in [0.2, 0.25) is 23.6 Å². The number of nitrogens with two attached hydrogens (primary N) is 2. The van der Waals surface area contributed by atoms with E-state index in [1.54, 1.807) is 0 Å². The molecular weight excluding hydrogens is 514 g/mol. The summed E-state index contributed by atoms with van der Waals surface area (Å²) in [6.45, 7) is 0. The summed E-state index contributed by atoms with van der Waals surface area (Å²) in [5.41, 5.74) is 12.3. The Morgan fingerprint density at radius 1 is 0.718 bits per heavy atom. The second-order valence-corrected chi connectivity index (χ2v) is 8.64. The second-order valence-electron chi connectivity index (χ2n) is 8.64. The molecule has 3 aromatic heterocycles. The number of hydrogen-bond donors (Lipinski definition) is 9. The summed E-state index contributed by atoms with van der Waals surface area (Å²) in [5.74, 6) is -4.47. The number of nitrogens with zero attached hydrogens (tertiary/aromatic N) is 3. The van der Waals surface area contributed by atoms with Gasteiger partial charge in [-0.05, 0) is 0 Å². The van der Waals surface area contributed by atoms with Crippen LogP contribution in [-0.2, 0) is 43.2 Å². The van der Waals surface area contributed by atoms with Crippen molar-refractivity contribution in [1.29, 1.82) is 0 Å². The number of carboxylic acids is 1. The third-order valence-electron chi connectivity index (χ3n) is 5.58. The van der Waals surface area contributed by atoms with Gasteiger partial charge in [0.1, 0.15) is 18.1 Å². The van der Waals surface area contributed by atoms with Crippen molar-refractivity contribution >= 4 is 29.6 Å². The highest BCUT2D eigenvalue weighted by Crippen LogP contribution is 2.06. The van der Waals surface area contributed by atoms with Gasteiger partial charge in [-0.15, -0.1) is 0 Å². The molecule has 208 valence electrons. The molecule has 0 aromatic carbocycles. The van der Waals surface area contributed by atoms with Crippen molar-refractivity contribution < 1.29 is 29.1 Å². The van der Waals surface area contributed by atoms with Gasteiger partial charge in [-0.2, -0.15) is 0 Å². The first-order valence-electron chi connectivity index (χ1n) is 11.7. The number of imidazole rings is 3. The quantitative estimate of drug-likeness (QED) is 0.0916. The molecule has 0 saturated heterocycles. The van der Waals surface area contributed by atoms with Gasteiger partial charge in [-0.3, -0.25) is 19.2 Å². The number of rotatable bonds is 15. The first-order chi connectivity index (χ1) is 18.6. The van der Waals surface area contributed by atoms with Crippen LogP contribution in [0.25, 0.3) is 0 Å². The summed E-state index contributed by atoms with van der Waals surface area (Å²) in [7, 11) is 0. The number of carbonyl (C=O) groups is 5. The molecule has 0 aliphatic heterocycles. The molecule has 0 radical (unpaired) electrons. The van der Waals surface area contributed by atoms with Gasteiger partial charge in [0.15, 0.2) is 0 Å². The molecule has 3 aromatic rings. The SMILES string of the molecule is NC(=O)CC(N)C(=O)NC(Cc1cnc[nH]1)C(=O)NC(Cc1cnc[nH]1)C(=O)NC(Cc1cnc[nH]1)C(=O)O. The minimum Gasteiger partial charge on any atom is -0.480 e. The van der Waals surface area contributed by atoms with E-state index in [0.29, 0.717) is 17.1 Å². The van der Waals surface area contributed by atoms with Crippen molar-refractivity contribution in [1.82, 2.24) is 45.9 Å². The lowest BCUT2D eigenvalue weighted by atomic mass is 10.1. The van der Waals surface area contributed by atoms with Gasteiger partial charge in [-0.25, -0.2) is 19.7 Å². The highest BCUT2D eigenvalue weighted by Gasteiger charge is 2.31. The maximum atomic E-state index is 13.3. The Morgan fingerprint density at radius 2 is 1.10 bits per heavy atom. The van der Waals surface area contributed by atoms with Gasteiger partial charge in [-0.1, -0.05) is 0 Å². The maximum Gasteiger partial charge on any atom is 0.326 e. The van der Waals surface area contributed by atoms with Gasteiger partial charge in [0.05, 0.1) is 31.4 Å². The van der Waals surface area contributed by atoms with Crippen molar-refractivity contribution in [3.8, 4) is 0 Å².